The molecule has 1 aliphatic rings. The zero-order valence-corrected chi connectivity index (χ0v) is 15.5. The molecule has 2 aromatic rings. The number of benzene rings is 1. The average Bonchev–Trinajstić information content (AvgIpc) is 3.13. The van der Waals surface area contributed by atoms with Gasteiger partial charge in [0.2, 0.25) is 5.91 Å². The fourth-order valence-electron chi connectivity index (χ4n) is 2.97. The molecular formula is C17H20FN3O2S2. The maximum Gasteiger partial charge on any atom is 0.233 e. The van der Waals surface area contributed by atoms with Gasteiger partial charge in [-0.1, -0.05) is 35.2 Å². The number of aromatic nitrogens is 2. The highest BCUT2D eigenvalue weighted by Gasteiger charge is 2.35. The molecule has 1 saturated heterocycles. The molecule has 1 aromatic heterocycles. The Labute approximate surface area is 154 Å². The SMILES string of the molecule is CC(Sc1nncs1)C(=O)NCC1(c2cccc(F)c2)CCOCC1. The molecule has 0 saturated carbocycles. The van der Waals surface area contributed by atoms with E-state index in [1.165, 1.54) is 29.2 Å². The van der Waals surface area contributed by atoms with Crippen LogP contribution in [0.4, 0.5) is 4.39 Å². The minimum atomic E-state index is -0.289. The van der Waals surface area contributed by atoms with Gasteiger partial charge in [0, 0.05) is 25.2 Å². The number of hydrogen-bond acceptors (Lipinski definition) is 6. The maximum absolute atomic E-state index is 13.7. The lowest BCUT2D eigenvalue weighted by atomic mass is 9.74. The Balaban J connectivity index is 1.67. The maximum atomic E-state index is 13.7. The van der Waals surface area contributed by atoms with Crippen LogP contribution < -0.4 is 5.32 Å². The molecule has 1 N–H and O–H groups in total. The van der Waals surface area contributed by atoms with Gasteiger partial charge in [-0.2, -0.15) is 0 Å². The van der Waals surface area contributed by atoms with E-state index in [9.17, 15) is 9.18 Å². The van der Waals surface area contributed by atoms with Crippen molar-refractivity contribution in [3.63, 3.8) is 0 Å². The summed E-state index contributed by atoms with van der Waals surface area (Å²) in [6.07, 6.45) is 1.52. The molecule has 25 heavy (non-hydrogen) atoms. The van der Waals surface area contributed by atoms with E-state index >= 15 is 0 Å². The van der Waals surface area contributed by atoms with Crippen LogP contribution in [-0.2, 0) is 14.9 Å². The smallest absolute Gasteiger partial charge is 0.233 e. The van der Waals surface area contributed by atoms with Gasteiger partial charge >= 0.3 is 0 Å². The van der Waals surface area contributed by atoms with Gasteiger partial charge in [0.15, 0.2) is 4.34 Å². The molecule has 1 aliphatic heterocycles. The van der Waals surface area contributed by atoms with Crippen molar-refractivity contribution in [1.29, 1.82) is 0 Å². The van der Waals surface area contributed by atoms with Crippen LogP contribution in [0.2, 0.25) is 0 Å². The van der Waals surface area contributed by atoms with Crippen LogP contribution in [0.3, 0.4) is 0 Å². The zero-order valence-electron chi connectivity index (χ0n) is 13.9. The number of carbonyl (C=O) groups excluding carboxylic acids is 1. The molecule has 1 atom stereocenters. The number of thioether (sulfide) groups is 1. The van der Waals surface area contributed by atoms with Crippen LogP contribution in [0.25, 0.3) is 0 Å². The standard InChI is InChI=1S/C17H20FN3O2S2/c1-12(25-16-21-20-11-24-16)15(22)19-10-17(5-7-23-8-6-17)13-3-2-4-14(18)9-13/h2-4,9,11-12H,5-8,10H2,1H3,(H,19,22). The second kappa shape index (κ2) is 8.25. The van der Waals surface area contributed by atoms with Crippen molar-refractivity contribution in [1.82, 2.24) is 15.5 Å². The van der Waals surface area contributed by atoms with Gasteiger partial charge < -0.3 is 10.1 Å². The Hall–Kier alpha value is -1.51. The number of nitrogens with zero attached hydrogens (tertiary/aromatic N) is 2. The first kappa shape index (κ1) is 18.3. The fourth-order valence-corrected chi connectivity index (χ4v) is 4.62. The summed E-state index contributed by atoms with van der Waals surface area (Å²) in [5.41, 5.74) is 2.28. The number of halogens is 1. The minimum absolute atomic E-state index is 0.0533. The predicted octanol–water partition coefficient (Wildman–Crippen LogP) is 3.02. The molecule has 1 amide bonds. The van der Waals surface area contributed by atoms with Gasteiger partial charge in [-0.25, -0.2) is 4.39 Å². The van der Waals surface area contributed by atoms with Crippen LogP contribution in [0, 0.1) is 5.82 Å². The van der Waals surface area contributed by atoms with Crippen LogP contribution in [0.5, 0.6) is 0 Å². The number of amides is 1. The molecule has 1 aromatic carbocycles. The van der Waals surface area contributed by atoms with Gasteiger partial charge in [0.05, 0.1) is 5.25 Å². The minimum Gasteiger partial charge on any atom is -0.381 e. The molecular weight excluding hydrogens is 361 g/mol. The monoisotopic (exact) mass is 381 g/mol. The summed E-state index contributed by atoms with van der Waals surface area (Å²) >= 11 is 2.81. The molecule has 0 aliphatic carbocycles. The Bertz CT molecular complexity index is 706. The molecule has 2 heterocycles. The molecule has 0 radical (unpaired) electrons. The Morgan fingerprint density at radius 2 is 2.28 bits per heavy atom. The fraction of sp³-hybridized carbons (Fsp3) is 0.471. The van der Waals surface area contributed by atoms with Crippen molar-refractivity contribution >= 4 is 29.0 Å². The van der Waals surface area contributed by atoms with E-state index < -0.39 is 0 Å². The first-order chi connectivity index (χ1) is 12.1. The summed E-state index contributed by atoms with van der Waals surface area (Å²) in [6.45, 7) is 3.54. The Morgan fingerprint density at radius 3 is 2.96 bits per heavy atom. The van der Waals surface area contributed by atoms with Crippen molar-refractivity contribution in [2.45, 2.75) is 34.8 Å². The predicted molar refractivity (Wildman–Crippen MR) is 96.4 cm³/mol. The average molecular weight is 381 g/mol. The van der Waals surface area contributed by atoms with Gasteiger partial charge in [-0.05, 0) is 37.5 Å². The number of carbonyl (C=O) groups is 1. The third-order valence-electron chi connectivity index (χ3n) is 4.47. The topological polar surface area (TPSA) is 64.1 Å². The number of rotatable bonds is 6. The van der Waals surface area contributed by atoms with Crippen LogP contribution >= 0.6 is 23.1 Å². The van der Waals surface area contributed by atoms with E-state index in [1.807, 2.05) is 13.0 Å². The zero-order chi connectivity index (χ0) is 17.7. The third-order valence-corrected chi connectivity index (χ3v) is 6.39. The van der Waals surface area contributed by atoms with Gasteiger partial charge in [0.1, 0.15) is 11.3 Å². The van der Waals surface area contributed by atoms with Gasteiger partial charge in [-0.15, -0.1) is 10.2 Å². The Morgan fingerprint density at radius 1 is 1.48 bits per heavy atom. The largest absolute Gasteiger partial charge is 0.381 e. The van der Waals surface area contributed by atoms with E-state index in [-0.39, 0.29) is 22.4 Å². The summed E-state index contributed by atoms with van der Waals surface area (Å²) < 4.78 is 19.9. The summed E-state index contributed by atoms with van der Waals surface area (Å²) in [4.78, 5) is 12.5. The molecule has 0 spiro atoms. The van der Waals surface area contributed by atoms with Crippen molar-refractivity contribution in [2.24, 2.45) is 0 Å². The van der Waals surface area contributed by atoms with Crippen molar-refractivity contribution in [3.8, 4) is 0 Å². The van der Waals surface area contributed by atoms with E-state index in [4.69, 9.17) is 4.74 Å². The lowest BCUT2D eigenvalue weighted by Gasteiger charge is -2.38. The molecule has 8 heteroatoms. The van der Waals surface area contributed by atoms with Crippen molar-refractivity contribution in [3.05, 3.63) is 41.2 Å². The van der Waals surface area contributed by atoms with E-state index in [1.54, 1.807) is 17.6 Å². The van der Waals surface area contributed by atoms with Crippen LogP contribution in [-0.4, -0.2) is 41.1 Å². The molecule has 1 unspecified atom stereocenters. The molecule has 0 bridgehead atoms. The third kappa shape index (κ3) is 4.56. The lowest BCUT2D eigenvalue weighted by molar-refractivity contribution is -0.120. The summed E-state index contributed by atoms with van der Waals surface area (Å²) in [7, 11) is 0. The van der Waals surface area contributed by atoms with Gasteiger partial charge in [-0.3, -0.25) is 4.79 Å². The van der Waals surface area contributed by atoms with Crippen LogP contribution in [0.15, 0.2) is 34.1 Å². The van der Waals surface area contributed by atoms with E-state index in [0.29, 0.717) is 19.8 Å². The molecule has 134 valence electrons. The second-order valence-corrected chi connectivity index (χ2v) is 8.51. The molecule has 1 fully saturated rings. The lowest BCUT2D eigenvalue weighted by Crippen LogP contribution is -2.46. The first-order valence-corrected chi connectivity index (χ1v) is 9.89. The van der Waals surface area contributed by atoms with Crippen molar-refractivity contribution in [2.75, 3.05) is 19.8 Å². The normalized spacial score (nSPS) is 17.8. The highest BCUT2D eigenvalue weighted by atomic mass is 32.2. The summed E-state index contributed by atoms with van der Waals surface area (Å²) in [5, 5.41) is 10.5. The highest BCUT2D eigenvalue weighted by molar-refractivity contribution is 8.02. The second-order valence-electron chi connectivity index (χ2n) is 6.09. The van der Waals surface area contributed by atoms with Crippen molar-refractivity contribution < 1.29 is 13.9 Å². The van der Waals surface area contributed by atoms with Gasteiger partial charge in [0.25, 0.3) is 0 Å². The quantitative estimate of drug-likeness (QED) is 0.780. The molecule has 5 nitrogen and oxygen atoms in total. The highest BCUT2D eigenvalue weighted by Crippen LogP contribution is 2.35. The molecule has 3 rings (SSSR count). The van der Waals surface area contributed by atoms with E-state index in [0.717, 1.165) is 22.7 Å². The number of ether oxygens (including phenoxy) is 1. The Kier molecular flexibility index (Phi) is 6.03. The van der Waals surface area contributed by atoms with Crippen LogP contribution in [0.1, 0.15) is 25.3 Å². The van der Waals surface area contributed by atoms with E-state index in [2.05, 4.69) is 15.5 Å². The number of nitrogens with one attached hydrogen (secondary N) is 1. The summed E-state index contributed by atoms with van der Waals surface area (Å²) in [6, 6.07) is 6.66. The first-order valence-electron chi connectivity index (χ1n) is 8.13. The summed E-state index contributed by atoms with van der Waals surface area (Å²) in [5.74, 6) is -0.308. The number of hydrogen-bond donors (Lipinski definition) is 1.